The standard InChI is InChI=1S/C14H19F2N/c1-2-17-10-14(7-4-8-14)9-11-12(15)5-3-6-13(11)16/h3,5-6,17H,2,4,7-10H2,1H3. The Labute approximate surface area is 101 Å². The zero-order valence-corrected chi connectivity index (χ0v) is 10.2. The molecule has 0 radical (unpaired) electrons. The first kappa shape index (κ1) is 12.5. The van der Waals surface area contributed by atoms with Crippen LogP contribution in [-0.4, -0.2) is 13.1 Å². The molecule has 1 nitrogen and oxygen atoms in total. The predicted octanol–water partition coefficient (Wildman–Crippen LogP) is 3.29. The fraction of sp³-hybridized carbons (Fsp3) is 0.571. The maximum atomic E-state index is 13.6. The molecule has 1 aromatic carbocycles. The average Bonchev–Trinajstić information content (AvgIpc) is 2.26. The summed E-state index contributed by atoms with van der Waals surface area (Å²) < 4.78 is 27.2. The van der Waals surface area contributed by atoms with Crippen molar-refractivity contribution in [2.45, 2.75) is 32.6 Å². The lowest BCUT2D eigenvalue weighted by Gasteiger charge is -2.42. The van der Waals surface area contributed by atoms with Crippen LogP contribution in [0.3, 0.4) is 0 Å². The van der Waals surface area contributed by atoms with E-state index < -0.39 is 11.6 Å². The first-order valence-corrected chi connectivity index (χ1v) is 6.30. The van der Waals surface area contributed by atoms with Gasteiger partial charge in [-0.3, -0.25) is 0 Å². The van der Waals surface area contributed by atoms with Gasteiger partial charge in [-0.25, -0.2) is 8.78 Å². The van der Waals surface area contributed by atoms with Crippen molar-refractivity contribution in [1.82, 2.24) is 5.32 Å². The number of halogens is 2. The van der Waals surface area contributed by atoms with Crippen LogP contribution in [0.15, 0.2) is 18.2 Å². The van der Waals surface area contributed by atoms with Gasteiger partial charge in [-0.1, -0.05) is 19.4 Å². The van der Waals surface area contributed by atoms with E-state index in [1.165, 1.54) is 24.6 Å². The third-order valence-corrected chi connectivity index (χ3v) is 3.78. The fourth-order valence-corrected chi connectivity index (χ4v) is 2.56. The molecule has 1 fully saturated rings. The molecule has 94 valence electrons. The molecule has 1 N–H and O–H groups in total. The molecule has 0 aromatic heterocycles. The lowest BCUT2D eigenvalue weighted by Crippen LogP contribution is -2.42. The molecule has 1 aromatic rings. The van der Waals surface area contributed by atoms with Gasteiger partial charge in [0.2, 0.25) is 0 Å². The second-order valence-corrected chi connectivity index (χ2v) is 5.01. The third-order valence-electron chi connectivity index (χ3n) is 3.78. The molecule has 1 aliphatic rings. The van der Waals surface area contributed by atoms with Crippen LogP contribution in [0.1, 0.15) is 31.7 Å². The molecule has 2 rings (SSSR count). The minimum atomic E-state index is -0.409. The first-order chi connectivity index (χ1) is 8.17. The van der Waals surface area contributed by atoms with Crippen molar-refractivity contribution in [1.29, 1.82) is 0 Å². The van der Waals surface area contributed by atoms with Gasteiger partial charge in [0, 0.05) is 12.1 Å². The number of hydrogen-bond acceptors (Lipinski definition) is 1. The second-order valence-electron chi connectivity index (χ2n) is 5.01. The van der Waals surface area contributed by atoms with E-state index in [-0.39, 0.29) is 11.0 Å². The minimum absolute atomic E-state index is 0.0685. The van der Waals surface area contributed by atoms with Gasteiger partial charge in [0.05, 0.1) is 0 Å². The van der Waals surface area contributed by atoms with Crippen molar-refractivity contribution in [2.75, 3.05) is 13.1 Å². The maximum absolute atomic E-state index is 13.6. The van der Waals surface area contributed by atoms with Crippen LogP contribution in [-0.2, 0) is 6.42 Å². The molecule has 0 unspecified atom stereocenters. The van der Waals surface area contributed by atoms with Gasteiger partial charge in [-0.2, -0.15) is 0 Å². The minimum Gasteiger partial charge on any atom is -0.316 e. The quantitative estimate of drug-likeness (QED) is 0.831. The Balaban J connectivity index is 2.13. The van der Waals surface area contributed by atoms with E-state index in [1.54, 1.807) is 0 Å². The molecular weight excluding hydrogens is 220 g/mol. The van der Waals surface area contributed by atoms with E-state index in [0.29, 0.717) is 6.42 Å². The Morgan fingerprint density at radius 3 is 2.35 bits per heavy atom. The van der Waals surface area contributed by atoms with Gasteiger partial charge in [0.25, 0.3) is 0 Å². The monoisotopic (exact) mass is 239 g/mol. The summed E-state index contributed by atoms with van der Waals surface area (Å²) in [6.07, 6.45) is 3.81. The molecule has 0 saturated heterocycles. The Morgan fingerprint density at radius 1 is 1.24 bits per heavy atom. The summed E-state index contributed by atoms with van der Waals surface area (Å²) in [5.74, 6) is -0.819. The van der Waals surface area contributed by atoms with Crippen LogP contribution in [0.2, 0.25) is 0 Å². The van der Waals surface area contributed by atoms with Gasteiger partial charge in [-0.15, -0.1) is 0 Å². The Hall–Kier alpha value is -0.960. The molecule has 17 heavy (non-hydrogen) atoms. The summed E-state index contributed by atoms with van der Waals surface area (Å²) in [5.41, 5.74) is 0.323. The summed E-state index contributed by atoms with van der Waals surface area (Å²) in [6, 6.07) is 4.11. The first-order valence-electron chi connectivity index (χ1n) is 6.30. The lowest BCUT2D eigenvalue weighted by atomic mass is 9.65. The van der Waals surface area contributed by atoms with Crippen LogP contribution in [0.25, 0.3) is 0 Å². The number of benzene rings is 1. The highest BCUT2D eigenvalue weighted by Gasteiger charge is 2.37. The maximum Gasteiger partial charge on any atom is 0.129 e. The summed E-state index contributed by atoms with van der Waals surface area (Å²) in [4.78, 5) is 0. The topological polar surface area (TPSA) is 12.0 Å². The van der Waals surface area contributed by atoms with Gasteiger partial charge >= 0.3 is 0 Å². The van der Waals surface area contributed by atoms with Crippen LogP contribution in [0.5, 0.6) is 0 Å². The molecule has 1 aliphatic carbocycles. The van der Waals surface area contributed by atoms with E-state index >= 15 is 0 Å². The van der Waals surface area contributed by atoms with E-state index in [2.05, 4.69) is 12.2 Å². The average molecular weight is 239 g/mol. The smallest absolute Gasteiger partial charge is 0.129 e. The fourth-order valence-electron chi connectivity index (χ4n) is 2.56. The van der Waals surface area contributed by atoms with Crippen molar-refractivity contribution >= 4 is 0 Å². The van der Waals surface area contributed by atoms with Gasteiger partial charge in [0.1, 0.15) is 11.6 Å². The molecule has 0 spiro atoms. The van der Waals surface area contributed by atoms with E-state index in [4.69, 9.17) is 0 Å². The zero-order valence-electron chi connectivity index (χ0n) is 10.2. The highest BCUT2D eigenvalue weighted by molar-refractivity contribution is 5.22. The molecule has 0 atom stereocenters. The Kier molecular flexibility index (Phi) is 3.77. The zero-order chi connectivity index (χ0) is 12.3. The third kappa shape index (κ3) is 2.65. The summed E-state index contributed by atoms with van der Waals surface area (Å²) in [7, 11) is 0. The lowest BCUT2D eigenvalue weighted by molar-refractivity contribution is 0.128. The van der Waals surface area contributed by atoms with E-state index in [1.807, 2.05) is 0 Å². The molecule has 0 heterocycles. The largest absolute Gasteiger partial charge is 0.316 e. The highest BCUT2D eigenvalue weighted by atomic mass is 19.1. The summed E-state index contributed by atoms with van der Waals surface area (Å²) in [6.45, 7) is 3.81. The van der Waals surface area contributed by atoms with Crippen molar-refractivity contribution < 1.29 is 8.78 Å². The molecule has 0 amide bonds. The van der Waals surface area contributed by atoms with E-state index in [9.17, 15) is 8.78 Å². The highest BCUT2D eigenvalue weighted by Crippen LogP contribution is 2.43. The van der Waals surface area contributed by atoms with Gasteiger partial charge < -0.3 is 5.32 Å². The molecule has 0 bridgehead atoms. The van der Waals surface area contributed by atoms with Crippen molar-refractivity contribution in [3.63, 3.8) is 0 Å². The van der Waals surface area contributed by atoms with Crippen LogP contribution in [0, 0.1) is 17.0 Å². The van der Waals surface area contributed by atoms with Gasteiger partial charge in [-0.05, 0) is 43.4 Å². The Bertz CT molecular complexity index is 366. The van der Waals surface area contributed by atoms with Gasteiger partial charge in [0.15, 0.2) is 0 Å². The normalized spacial score (nSPS) is 17.8. The number of rotatable bonds is 5. The number of nitrogens with one attached hydrogen (secondary N) is 1. The molecule has 0 aliphatic heterocycles. The molecular formula is C14H19F2N. The van der Waals surface area contributed by atoms with Crippen LogP contribution in [0.4, 0.5) is 8.78 Å². The van der Waals surface area contributed by atoms with Crippen molar-refractivity contribution in [2.24, 2.45) is 5.41 Å². The van der Waals surface area contributed by atoms with Crippen molar-refractivity contribution in [3.05, 3.63) is 35.4 Å². The molecule has 3 heteroatoms. The predicted molar refractivity (Wildman–Crippen MR) is 64.9 cm³/mol. The Morgan fingerprint density at radius 2 is 1.88 bits per heavy atom. The molecule has 1 saturated carbocycles. The summed E-state index contributed by atoms with van der Waals surface area (Å²) >= 11 is 0. The van der Waals surface area contributed by atoms with E-state index in [0.717, 1.165) is 25.9 Å². The SMILES string of the molecule is CCNCC1(Cc2c(F)cccc2F)CCC1. The summed E-state index contributed by atoms with van der Waals surface area (Å²) in [5, 5.41) is 3.31. The van der Waals surface area contributed by atoms with Crippen LogP contribution < -0.4 is 5.32 Å². The second kappa shape index (κ2) is 5.13. The van der Waals surface area contributed by atoms with Crippen LogP contribution >= 0.6 is 0 Å². The van der Waals surface area contributed by atoms with Crippen molar-refractivity contribution in [3.8, 4) is 0 Å². The number of hydrogen-bond donors (Lipinski definition) is 1.